The first-order valence-corrected chi connectivity index (χ1v) is 7.97. The van der Waals surface area contributed by atoms with Gasteiger partial charge in [0.2, 0.25) is 0 Å². The van der Waals surface area contributed by atoms with Crippen molar-refractivity contribution in [3.8, 4) is 0 Å². The molecule has 0 bridgehead atoms. The lowest BCUT2D eigenvalue weighted by atomic mass is 9.84. The summed E-state index contributed by atoms with van der Waals surface area (Å²) in [6.45, 7) is 2.31. The zero-order chi connectivity index (χ0) is 13.1. The third kappa shape index (κ3) is 3.11. The summed E-state index contributed by atoms with van der Waals surface area (Å²) in [5, 5.41) is 0. The van der Waals surface area contributed by atoms with E-state index < -0.39 is 0 Å². The van der Waals surface area contributed by atoms with Gasteiger partial charge in [-0.25, -0.2) is 0 Å². The highest BCUT2D eigenvalue weighted by Crippen LogP contribution is 2.33. The van der Waals surface area contributed by atoms with Gasteiger partial charge in [-0.1, -0.05) is 13.3 Å². The van der Waals surface area contributed by atoms with E-state index in [4.69, 9.17) is 5.73 Å². The number of anilines is 2. The Labute approximate surface area is 124 Å². The van der Waals surface area contributed by atoms with Crippen LogP contribution in [-0.2, 0) is 0 Å². The highest BCUT2D eigenvalue weighted by molar-refractivity contribution is 14.1. The second kappa shape index (κ2) is 6.13. The molecule has 0 atom stereocenters. The average Bonchev–Trinajstić information content (AvgIpc) is 2.38. The summed E-state index contributed by atoms with van der Waals surface area (Å²) < 4.78 is 1.21. The van der Waals surface area contributed by atoms with Gasteiger partial charge in [0.05, 0.1) is 11.4 Å². The zero-order valence-electron chi connectivity index (χ0n) is 11.3. The standard InChI is InChI=1S/C15H23IN2/c1-3-11-4-7-13(8-5-11)18(2)15-9-6-12(16)10-14(15)17/h6,9-11,13H,3-5,7-8,17H2,1-2H3. The Morgan fingerprint density at radius 2 is 1.94 bits per heavy atom. The van der Waals surface area contributed by atoms with E-state index in [0.717, 1.165) is 11.6 Å². The van der Waals surface area contributed by atoms with Crippen molar-refractivity contribution in [2.75, 3.05) is 17.7 Å². The summed E-state index contributed by atoms with van der Waals surface area (Å²) in [7, 11) is 2.19. The van der Waals surface area contributed by atoms with E-state index in [0.29, 0.717) is 6.04 Å². The first kappa shape index (κ1) is 14.0. The molecule has 1 aromatic rings. The number of nitrogens with two attached hydrogens (primary N) is 1. The Balaban J connectivity index is 2.05. The van der Waals surface area contributed by atoms with Crippen LogP contribution in [0.3, 0.4) is 0 Å². The molecule has 0 aliphatic heterocycles. The number of rotatable bonds is 3. The molecule has 3 heteroatoms. The molecule has 1 aromatic carbocycles. The quantitative estimate of drug-likeness (QED) is 0.646. The molecule has 0 aromatic heterocycles. The molecule has 100 valence electrons. The molecular weight excluding hydrogens is 335 g/mol. The van der Waals surface area contributed by atoms with Gasteiger partial charge >= 0.3 is 0 Å². The minimum absolute atomic E-state index is 0.662. The van der Waals surface area contributed by atoms with Crippen molar-refractivity contribution >= 4 is 34.0 Å². The van der Waals surface area contributed by atoms with Crippen molar-refractivity contribution in [1.82, 2.24) is 0 Å². The maximum Gasteiger partial charge on any atom is 0.0600 e. The summed E-state index contributed by atoms with van der Waals surface area (Å²) >= 11 is 2.31. The van der Waals surface area contributed by atoms with Crippen LogP contribution in [0, 0.1) is 9.49 Å². The van der Waals surface area contributed by atoms with Crippen LogP contribution in [0.25, 0.3) is 0 Å². The number of hydrogen-bond acceptors (Lipinski definition) is 2. The zero-order valence-corrected chi connectivity index (χ0v) is 13.5. The van der Waals surface area contributed by atoms with Crippen LogP contribution in [0.4, 0.5) is 11.4 Å². The summed E-state index contributed by atoms with van der Waals surface area (Å²) in [6, 6.07) is 7.02. The van der Waals surface area contributed by atoms with E-state index in [1.54, 1.807) is 0 Å². The molecule has 1 fully saturated rings. The average molecular weight is 358 g/mol. The van der Waals surface area contributed by atoms with Gasteiger partial charge in [0, 0.05) is 16.7 Å². The van der Waals surface area contributed by atoms with Gasteiger partial charge in [0.1, 0.15) is 0 Å². The fourth-order valence-corrected chi connectivity index (χ4v) is 3.50. The van der Waals surface area contributed by atoms with E-state index in [2.05, 4.69) is 59.7 Å². The molecule has 1 saturated carbocycles. The lowest BCUT2D eigenvalue weighted by Gasteiger charge is -2.36. The van der Waals surface area contributed by atoms with E-state index >= 15 is 0 Å². The third-order valence-corrected chi connectivity index (χ3v) is 4.98. The molecule has 0 radical (unpaired) electrons. The molecule has 0 heterocycles. The van der Waals surface area contributed by atoms with E-state index in [9.17, 15) is 0 Å². The van der Waals surface area contributed by atoms with Crippen LogP contribution in [0.15, 0.2) is 18.2 Å². The van der Waals surface area contributed by atoms with Crippen molar-refractivity contribution in [3.05, 3.63) is 21.8 Å². The SMILES string of the molecule is CCC1CCC(N(C)c2ccc(I)cc2N)CC1. The minimum Gasteiger partial charge on any atom is -0.397 e. The molecule has 0 spiro atoms. The Morgan fingerprint density at radius 1 is 1.28 bits per heavy atom. The van der Waals surface area contributed by atoms with E-state index in [1.807, 2.05) is 0 Å². The van der Waals surface area contributed by atoms with Crippen LogP contribution in [0.5, 0.6) is 0 Å². The Hall–Kier alpha value is -0.450. The third-order valence-electron chi connectivity index (χ3n) is 4.31. The first-order chi connectivity index (χ1) is 8.61. The van der Waals surface area contributed by atoms with Crippen LogP contribution in [0.1, 0.15) is 39.0 Å². The number of hydrogen-bond donors (Lipinski definition) is 1. The van der Waals surface area contributed by atoms with Gasteiger partial charge in [0.25, 0.3) is 0 Å². The van der Waals surface area contributed by atoms with Gasteiger partial charge in [-0.2, -0.15) is 0 Å². The minimum atomic E-state index is 0.662. The van der Waals surface area contributed by atoms with E-state index in [1.165, 1.54) is 41.4 Å². The summed E-state index contributed by atoms with van der Waals surface area (Å²) in [5.41, 5.74) is 8.23. The normalized spacial score (nSPS) is 23.9. The van der Waals surface area contributed by atoms with Crippen LogP contribution >= 0.6 is 22.6 Å². The number of nitrogen functional groups attached to an aromatic ring is 1. The number of halogens is 1. The molecule has 2 nitrogen and oxygen atoms in total. The van der Waals surface area contributed by atoms with E-state index in [-0.39, 0.29) is 0 Å². The maximum atomic E-state index is 6.14. The van der Waals surface area contributed by atoms with Gasteiger partial charge in [-0.3, -0.25) is 0 Å². The van der Waals surface area contributed by atoms with Gasteiger partial charge in [-0.05, 0) is 72.4 Å². The topological polar surface area (TPSA) is 29.3 Å². The van der Waals surface area contributed by atoms with Crippen molar-refractivity contribution in [2.24, 2.45) is 5.92 Å². The molecule has 1 aliphatic carbocycles. The van der Waals surface area contributed by atoms with Gasteiger partial charge in [-0.15, -0.1) is 0 Å². The van der Waals surface area contributed by atoms with Crippen molar-refractivity contribution in [1.29, 1.82) is 0 Å². The Morgan fingerprint density at radius 3 is 2.50 bits per heavy atom. The second-order valence-electron chi connectivity index (χ2n) is 5.40. The smallest absolute Gasteiger partial charge is 0.0600 e. The fraction of sp³-hybridized carbons (Fsp3) is 0.600. The number of benzene rings is 1. The van der Waals surface area contributed by atoms with Gasteiger partial charge in [0.15, 0.2) is 0 Å². The highest BCUT2D eigenvalue weighted by Gasteiger charge is 2.24. The summed E-state index contributed by atoms with van der Waals surface area (Å²) in [5.74, 6) is 0.948. The first-order valence-electron chi connectivity index (χ1n) is 6.89. The molecule has 1 aliphatic rings. The summed E-state index contributed by atoms with van der Waals surface area (Å²) in [4.78, 5) is 2.39. The van der Waals surface area contributed by atoms with Crippen molar-refractivity contribution in [3.63, 3.8) is 0 Å². The lowest BCUT2D eigenvalue weighted by molar-refractivity contribution is 0.313. The summed E-state index contributed by atoms with van der Waals surface area (Å²) in [6.07, 6.45) is 6.69. The lowest BCUT2D eigenvalue weighted by Crippen LogP contribution is -2.35. The maximum absolute atomic E-state index is 6.14. The largest absolute Gasteiger partial charge is 0.397 e. The molecule has 0 amide bonds. The second-order valence-corrected chi connectivity index (χ2v) is 6.64. The molecular formula is C15H23IN2. The molecule has 0 unspecified atom stereocenters. The van der Waals surface area contributed by atoms with Crippen molar-refractivity contribution in [2.45, 2.75) is 45.1 Å². The fourth-order valence-electron chi connectivity index (χ4n) is 2.98. The van der Waals surface area contributed by atoms with Crippen LogP contribution in [0.2, 0.25) is 0 Å². The van der Waals surface area contributed by atoms with Crippen LogP contribution < -0.4 is 10.6 Å². The monoisotopic (exact) mass is 358 g/mol. The Bertz CT molecular complexity index is 397. The predicted molar refractivity (Wildman–Crippen MR) is 88.0 cm³/mol. The molecule has 0 saturated heterocycles. The molecule has 2 rings (SSSR count). The highest BCUT2D eigenvalue weighted by atomic mass is 127. The van der Waals surface area contributed by atoms with Crippen LogP contribution in [-0.4, -0.2) is 13.1 Å². The molecule has 18 heavy (non-hydrogen) atoms. The Kier molecular flexibility index (Phi) is 4.76. The van der Waals surface area contributed by atoms with Crippen molar-refractivity contribution < 1.29 is 0 Å². The van der Waals surface area contributed by atoms with Gasteiger partial charge < -0.3 is 10.6 Å². The predicted octanol–water partition coefficient (Wildman–Crippen LogP) is 4.28. The number of nitrogens with zero attached hydrogens (tertiary/aromatic N) is 1. The molecule has 2 N–H and O–H groups in total.